The van der Waals surface area contributed by atoms with Crippen LogP contribution in [-0.2, 0) is 16.0 Å². The summed E-state index contributed by atoms with van der Waals surface area (Å²) < 4.78 is 21.4. The Bertz CT molecular complexity index is 1230. The van der Waals surface area contributed by atoms with Gasteiger partial charge >= 0.3 is 0 Å². The maximum atomic E-state index is 13.9. The van der Waals surface area contributed by atoms with E-state index in [-0.39, 0.29) is 30.0 Å². The van der Waals surface area contributed by atoms with Crippen molar-refractivity contribution in [3.05, 3.63) is 58.8 Å². The first-order chi connectivity index (χ1) is 16.5. The van der Waals surface area contributed by atoms with Gasteiger partial charge in [-0.3, -0.25) is 9.69 Å². The Morgan fingerprint density at radius 3 is 2.85 bits per heavy atom. The number of benzene rings is 1. The number of hydrogen-bond acceptors (Lipinski definition) is 9. The molecule has 1 aromatic carbocycles. The third-order valence-electron chi connectivity index (χ3n) is 6.38. The summed E-state index contributed by atoms with van der Waals surface area (Å²) in [5, 5.41) is 28.3. The number of carbonyl (C=O) groups excluding carboxylic acids is 1. The number of carbonyl (C=O) groups is 1. The van der Waals surface area contributed by atoms with Gasteiger partial charge in [-0.1, -0.05) is 6.07 Å². The van der Waals surface area contributed by atoms with Gasteiger partial charge < -0.3 is 9.64 Å². The molecule has 0 saturated carbocycles. The highest BCUT2D eigenvalue weighted by atomic mass is 19.1. The molecule has 174 valence electrons. The van der Waals surface area contributed by atoms with E-state index in [2.05, 4.69) is 30.6 Å². The number of piperazine rings is 1. The van der Waals surface area contributed by atoms with Crippen LogP contribution >= 0.6 is 0 Å². The Morgan fingerprint density at radius 2 is 2.12 bits per heavy atom. The van der Waals surface area contributed by atoms with Crippen molar-refractivity contribution in [2.24, 2.45) is 0 Å². The second kappa shape index (κ2) is 9.20. The van der Waals surface area contributed by atoms with Gasteiger partial charge in [0.25, 0.3) is 0 Å². The van der Waals surface area contributed by atoms with E-state index < -0.39 is 5.82 Å². The molecule has 4 heterocycles. The Kier molecular flexibility index (Phi) is 5.95. The fourth-order valence-electron chi connectivity index (χ4n) is 4.48. The summed E-state index contributed by atoms with van der Waals surface area (Å²) >= 11 is 0. The SMILES string of the molecule is Cc1c(C2CN3CCN(C(=O)Cc4ccc(-n5cnnn5)nn4)CC3CO2)ccc(F)c1C#N. The molecule has 12 heteroatoms. The van der Waals surface area contributed by atoms with E-state index >= 15 is 0 Å². The summed E-state index contributed by atoms with van der Waals surface area (Å²) in [6.45, 7) is 4.71. The predicted octanol–water partition coefficient (Wildman–Crippen LogP) is 0.598. The van der Waals surface area contributed by atoms with Gasteiger partial charge in [-0.25, -0.2) is 4.39 Å². The van der Waals surface area contributed by atoms with Gasteiger partial charge in [0.1, 0.15) is 18.2 Å². The van der Waals surface area contributed by atoms with E-state index in [0.717, 1.165) is 5.56 Å². The van der Waals surface area contributed by atoms with Crippen LogP contribution < -0.4 is 0 Å². The minimum absolute atomic E-state index is 0.0145. The van der Waals surface area contributed by atoms with E-state index in [1.807, 2.05) is 11.0 Å². The molecule has 3 aromatic rings. The summed E-state index contributed by atoms with van der Waals surface area (Å²) in [5.41, 5.74) is 2.09. The zero-order valence-corrected chi connectivity index (χ0v) is 18.5. The van der Waals surface area contributed by atoms with E-state index in [1.54, 1.807) is 25.1 Å². The first-order valence-electron chi connectivity index (χ1n) is 10.9. The molecule has 0 N–H and O–H groups in total. The van der Waals surface area contributed by atoms with E-state index in [1.165, 1.54) is 17.1 Å². The lowest BCUT2D eigenvalue weighted by Crippen LogP contribution is -2.59. The minimum Gasteiger partial charge on any atom is -0.370 e. The molecule has 0 spiro atoms. The number of rotatable bonds is 4. The Morgan fingerprint density at radius 1 is 1.24 bits per heavy atom. The average molecular weight is 463 g/mol. The van der Waals surface area contributed by atoms with Gasteiger partial charge in [0, 0.05) is 26.2 Å². The monoisotopic (exact) mass is 463 g/mol. The molecule has 1 amide bonds. The molecule has 11 nitrogen and oxygen atoms in total. The van der Waals surface area contributed by atoms with Crippen LogP contribution in [0, 0.1) is 24.1 Å². The fraction of sp³-hybridized carbons (Fsp3) is 0.409. The van der Waals surface area contributed by atoms with Crippen molar-refractivity contribution in [3.63, 3.8) is 0 Å². The maximum Gasteiger partial charge on any atom is 0.228 e. The Hall–Kier alpha value is -3.82. The highest BCUT2D eigenvalue weighted by molar-refractivity contribution is 5.78. The lowest BCUT2D eigenvalue weighted by Gasteiger charge is -2.46. The van der Waals surface area contributed by atoms with Crippen LogP contribution in [-0.4, -0.2) is 84.9 Å². The first-order valence-corrected chi connectivity index (χ1v) is 10.9. The first kappa shape index (κ1) is 22.0. The largest absolute Gasteiger partial charge is 0.370 e. The quantitative estimate of drug-likeness (QED) is 0.547. The van der Waals surface area contributed by atoms with Gasteiger partial charge in [0.05, 0.1) is 36.4 Å². The van der Waals surface area contributed by atoms with Crippen LogP contribution in [0.5, 0.6) is 0 Å². The molecular weight excluding hydrogens is 441 g/mol. The number of nitrogens with zero attached hydrogens (tertiary/aromatic N) is 9. The van der Waals surface area contributed by atoms with E-state index in [0.29, 0.717) is 49.9 Å². The number of fused-ring (bicyclic) bond motifs is 1. The fourth-order valence-corrected chi connectivity index (χ4v) is 4.48. The summed E-state index contributed by atoms with van der Waals surface area (Å²) in [6, 6.07) is 8.50. The molecule has 0 radical (unpaired) electrons. The molecule has 5 rings (SSSR count). The van der Waals surface area contributed by atoms with Crippen LogP contribution in [0.4, 0.5) is 4.39 Å². The molecule has 2 aliphatic heterocycles. The molecule has 34 heavy (non-hydrogen) atoms. The van der Waals surface area contributed by atoms with Crippen LogP contribution in [0.15, 0.2) is 30.6 Å². The lowest BCUT2D eigenvalue weighted by atomic mass is 9.96. The van der Waals surface area contributed by atoms with Crippen LogP contribution in [0.1, 0.15) is 28.5 Å². The minimum atomic E-state index is -0.515. The predicted molar refractivity (Wildman–Crippen MR) is 115 cm³/mol. The molecule has 2 saturated heterocycles. The van der Waals surface area contributed by atoms with Crippen LogP contribution in [0.2, 0.25) is 0 Å². The highest BCUT2D eigenvalue weighted by Gasteiger charge is 2.36. The van der Waals surface area contributed by atoms with Gasteiger partial charge in [-0.05, 0) is 46.7 Å². The average Bonchev–Trinajstić information content (AvgIpc) is 3.39. The van der Waals surface area contributed by atoms with Crippen molar-refractivity contribution in [3.8, 4) is 11.9 Å². The molecule has 2 atom stereocenters. The topological polar surface area (TPSA) is 126 Å². The smallest absolute Gasteiger partial charge is 0.228 e. The number of hydrogen-bond donors (Lipinski definition) is 0. The second-order valence-electron chi connectivity index (χ2n) is 8.37. The Labute approximate surface area is 194 Å². The molecule has 2 aliphatic rings. The van der Waals surface area contributed by atoms with Crippen LogP contribution in [0.3, 0.4) is 0 Å². The zero-order valence-electron chi connectivity index (χ0n) is 18.5. The third-order valence-corrected chi connectivity index (χ3v) is 6.38. The number of ether oxygens (including phenoxy) is 1. The molecular formula is C22H22FN9O2. The van der Waals surface area contributed by atoms with Crippen molar-refractivity contribution >= 4 is 5.91 Å². The van der Waals surface area contributed by atoms with Crippen LogP contribution in [0.25, 0.3) is 5.82 Å². The number of tetrazole rings is 1. The van der Waals surface area contributed by atoms with Gasteiger partial charge in [-0.2, -0.15) is 15.0 Å². The summed E-state index contributed by atoms with van der Waals surface area (Å²) in [6.07, 6.45) is 1.34. The third kappa shape index (κ3) is 4.23. The standard InChI is InChI=1S/C22H22FN9O2/c1-14-17(3-4-19(23)18(14)9-24)20-11-30-6-7-31(10-16(30)12-34-20)22(33)8-15-2-5-21(27-26-15)32-13-25-28-29-32/h2-5,13,16,20H,6-8,10-12H2,1H3. The van der Waals surface area contributed by atoms with Crippen molar-refractivity contribution in [1.29, 1.82) is 5.26 Å². The van der Waals surface area contributed by atoms with E-state index in [9.17, 15) is 14.4 Å². The molecule has 2 unspecified atom stereocenters. The van der Waals surface area contributed by atoms with Gasteiger partial charge in [0.15, 0.2) is 5.82 Å². The lowest BCUT2D eigenvalue weighted by molar-refractivity contribution is -0.139. The molecule has 0 aliphatic carbocycles. The number of aromatic nitrogens is 6. The highest BCUT2D eigenvalue weighted by Crippen LogP contribution is 2.31. The molecule has 2 aromatic heterocycles. The van der Waals surface area contributed by atoms with Crippen molar-refractivity contribution in [2.75, 3.05) is 32.8 Å². The normalized spacial score (nSPS) is 20.6. The maximum absolute atomic E-state index is 13.9. The summed E-state index contributed by atoms with van der Waals surface area (Å²) in [4.78, 5) is 17.0. The number of nitriles is 1. The Balaban J connectivity index is 1.19. The van der Waals surface area contributed by atoms with Crippen molar-refractivity contribution in [2.45, 2.75) is 25.5 Å². The van der Waals surface area contributed by atoms with Gasteiger partial charge in [0.2, 0.25) is 5.91 Å². The number of morpholine rings is 1. The summed E-state index contributed by atoms with van der Waals surface area (Å²) in [7, 11) is 0. The molecule has 2 fully saturated rings. The van der Waals surface area contributed by atoms with E-state index in [4.69, 9.17) is 4.74 Å². The molecule has 0 bridgehead atoms. The number of amides is 1. The summed E-state index contributed by atoms with van der Waals surface area (Å²) in [5.74, 6) is -0.0550. The number of halogens is 1. The van der Waals surface area contributed by atoms with Crippen molar-refractivity contribution < 1.29 is 13.9 Å². The second-order valence-corrected chi connectivity index (χ2v) is 8.37. The van der Waals surface area contributed by atoms with Crippen molar-refractivity contribution in [1.82, 2.24) is 40.2 Å². The zero-order chi connectivity index (χ0) is 23.7. The van der Waals surface area contributed by atoms with Gasteiger partial charge in [-0.15, -0.1) is 10.2 Å².